The Morgan fingerprint density at radius 3 is 1.64 bits per heavy atom. The number of aliphatic hydroxyl groups is 1. The zero-order chi connectivity index (χ0) is 15.2. The van der Waals surface area contributed by atoms with Gasteiger partial charge in [0.1, 0.15) is 0 Å². The monoisotopic (exact) mass is 368 g/mol. The van der Waals surface area contributed by atoms with Gasteiger partial charge in [-0.2, -0.15) is 0 Å². The summed E-state index contributed by atoms with van der Waals surface area (Å²) in [5.41, 5.74) is 1.90. The minimum atomic E-state index is -2.31. The minimum absolute atomic E-state index is 0. The first kappa shape index (κ1) is 30.2. The lowest BCUT2D eigenvalue weighted by atomic mass is 10.4. The fourth-order valence-electron chi connectivity index (χ4n) is 2.18. The minimum Gasteiger partial charge on any atom is -0.433 e. The first-order valence-electron chi connectivity index (χ1n) is 7.24. The number of aliphatic hydroxyl groups excluding tert-OH is 1. The van der Waals surface area contributed by atoms with Gasteiger partial charge in [0.2, 0.25) is 0 Å². The summed E-state index contributed by atoms with van der Waals surface area (Å²) in [7, 11) is -5.84. The van der Waals surface area contributed by atoms with Crippen molar-refractivity contribution in [3.8, 4) is 0 Å². The highest BCUT2D eigenvalue weighted by Gasteiger charge is 2.40. The van der Waals surface area contributed by atoms with E-state index in [1.54, 1.807) is 0 Å². The van der Waals surface area contributed by atoms with Crippen LogP contribution in [0.5, 0.6) is 0 Å². The molecule has 0 aliphatic rings. The molecule has 1 atom stereocenters. The molecule has 0 fully saturated rings. The Morgan fingerprint density at radius 2 is 1.32 bits per heavy atom. The van der Waals surface area contributed by atoms with E-state index >= 15 is 0 Å². The van der Waals surface area contributed by atoms with Crippen molar-refractivity contribution in [3.63, 3.8) is 0 Å². The predicted octanol–water partition coefficient (Wildman–Crippen LogP) is 5.93. The second-order valence-corrected chi connectivity index (χ2v) is 18.6. The predicted molar refractivity (Wildman–Crippen MR) is 111 cm³/mol. The lowest BCUT2D eigenvalue weighted by Crippen LogP contribution is -2.53. The van der Waals surface area contributed by atoms with E-state index < -0.39 is 25.2 Å². The molecule has 0 saturated carbocycles. The van der Waals surface area contributed by atoms with Crippen LogP contribution in [0.4, 0.5) is 0 Å². The van der Waals surface area contributed by atoms with E-state index in [0.717, 1.165) is 6.04 Å². The van der Waals surface area contributed by atoms with Gasteiger partial charge in [0.15, 0.2) is 16.6 Å². The fourth-order valence-corrected chi connectivity index (χ4v) is 14.7. The van der Waals surface area contributed by atoms with E-state index in [1.165, 1.54) is 18.9 Å². The van der Waals surface area contributed by atoms with E-state index in [1.807, 2.05) is 5.70 Å². The van der Waals surface area contributed by atoms with Crippen molar-refractivity contribution in [1.29, 1.82) is 0 Å². The van der Waals surface area contributed by atoms with Crippen LogP contribution in [0.25, 0.3) is 0 Å². The molecule has 0 heterocycles. The van der Waals surface area contributed by atoms with Crippen molar-refractivity contribution >= 4 is 25.2 Å². The molecule has 0 radical (unpaired) electrons. The van der Waals surface area contributed by atoms with Crippen molar-refractivity contribution in [3.05, 3.63) is 12.3 Å². The van der Waals surface area contributed by atoms with Gasteiger partial charge in [-0.25, -0.2) is 0 Å². The molecular formula is C16H44O3Si3. The molecule has 22 heavy (non-hydrogen) atoms. The van der Waals surface area contributed by atoms with Gasteiger partial charge in [-0.1, -0.05) is 47.7 Å². The van der Waals surface area contributed by atoms with E-state index in [4.69, 9.17) is 13.3 Å². The van der Waals surface area contributed by atoms with Crippen molar-refractivity contribution in [2.24, 2.45) is 0 Å². The van der Waals surface area contributed by atoms with Crippen LogP contribution in [0.1, 0.15) is 42.0 Å². The van der Waals surface area contributed by atoms with Gasteiger partial charge in [-0.05, 0) is 44.8 Å². The topological polar surface area (TPSA) is 38.7 Å². The summed E-state index contributed by atoms with van der Waals surface area (Å²) in [6.07, 6.45) is 2.43. The third-order valence-electron chi connectivity index (χ3n) is 3.17. The molecule has 0 aromatic rings. The first-order valence-corrected chi connectivity index (χ1v) is 15.9. The lowest BCUT2D eigenvalue weighted by molar-refractivity contribution is 0.307. The Kier molecular flexibility index (Phi) is 17.4. The smallest absolute Gasteiger partial charge is 0.340 e. The summed E-state index contributed by atoms with van der Waals surface area (Å²) in [4.78, 5) is 0. The highest BCUT2D eigenvalue weighted by atomic mass is 28.5. The molecule has 0 amide bonds. The average Bonchev–Trinajstić information content (AvgIpc) is 2.24. The van der Waals surface area contributed by atoms with Crippen molar-refractivity contribution < 1.29 is 13.3 Å². The molecule has 6 heteroatoms. The third kappa shape index (κ3) is 12.8. The SMILES string of the molecule is C.C.C.C=C[Si](C)(O[Si](C)(C)CCO)O[Si](C)(C)CCCC. The van der Waals surface area contributed by atoms with Gasteiger partial charge in [0, 0.05) is 6.61 Å². The number of hydrogen-bond acceptors (Lipinski definition) is 3. The summed E-state index contributed by atoms with van der Waals surface area (Å²) >= 11 is 0. The molecule has 3 nitrogen and oxygen atoms in total. The quantitative estimate of drug-likeness (QED) is 0.486. The molecule has 0 aliphatic carbocycles. The van der Waals surface area contributed by atoms with E-state index in [0.29, 0.717) is 0 Å². The molecule has 0 rings (SSSR count). The Hall–Kier alpha value is 0.271. The summed E-state index contributed by atoms with van der Waals surface area (Å²) in [6, 6.07) is 1.93. The molecule has 0 aliphatic heterocycles. The Balaban J connectivity index is -0.000000540. The average molecular weight is 369 g/mol. The van der Waals surface area contributed by atoms with Gasteiger partial charge in [-0.3, -0.25) is 0 Å². The first-order chi connectivity index (χ1) is 8.60. The van der Waals surface area contributed by atoms with Crippen LogP contribution in [0.2, 0.25) is 44.8 Å². The normalized spacial score (nSPS) is 14.0. The lowest BCUT2D eigenvalue weighted by Gasteiger charge is -2.38. The summed E-state index contributed by atoms with van der Waals surface area (Å²) in [6.45, 7) is 17.2. The van der Waals surface area contributed by atoms with Crippen LogP contribution in [0.3, 0.4) is 0 Å². The second kappa shape index (κ2) is 12.7. The highest BCUT2D eigenvalue weighted by Crippen LogP contribution is 2.26. The number of hydrogen-bond donors (Lipinski definition) is 1. The van der Waals surface area contributed by atoms with Gasteiger partial charge in [0.05, 0.1) is 0 Å². The van der Waals surface area contributed by atoms with Crippen molar-refractivity contribution in [1.82, 2.24) is 0 Å². The molecule has 0 aromatic carbocycles. The Morgan fingerprint density at radius 1 is 0.909 bits per heavy atom. The fraction of sp³-hybridized carbons (Fsp3) is 0.875. The largest absolute Gasteiger partial charge is 0.433 e. The van der Waals surface area contributed by atoms with Gasteiger partial charge >= 0.3 is 8.56 Å². The van der Waals surface area contributed by atoms with E-state index in [2.05, 4.69) is 46.2 Å². The van der Waals surface area contributed by atoms with Crippen LogP contribution in [0.15, 0.2) is 12.3 Å². The van der Waals surface area contributed by atoms with Crippen LogP contribution >= 0.6 is 0 Å². The van der Waals surface area contributed by atoms with Crippen LogP contribution < -0.4 is 0 Å². The van der Waals surface area contributed by atoms with Crippen molar-refractivity contribution in [2.45, 2.75) is 86.9 Å². The molecule has 1 unspecified atom stereocenters. The van der Waals surface area contributed by atoms with Gasteiger partial charge in [0.25, 0.3) is 0 Å². The molecule has 0 saturated heterocycles. The van der Waals surface area contributed by atoms with Crippen LogP contribution in [0, 0.1) is 0 Å². The van der Waals surface area contributed by atoms with E-state index in [-0.39, 0.29) is 28.9 Å². The zero-order valence-electron chi connectivity index (χ0n) is 13.6. The van der Waals surface area contributed by atoms with Gasteiger partial charge in [-0.15, -0.1) is 6.58 Å². The molecule has 0 aromatic heterocycles. The zero-order valence-corrected chi connectivity index (χ0v) is 16.6. The van der Waals surface area contributed by atoms with Crippen molar-refractivity contribution in [2.75, 3.05) is 6.61 Å². The Bertz CT molecular complexity index is 284. The number of unbranched alkanes of at least 4 members (excludes halogenated alkanes) is 1. The van der Waals surface area contributed by atoms with E-state index in [9.17, 15) is 0 Å². The third-order valence-corrected chi connectivity index (χ3v) is 14.6. The second-order valence-electron chi connectivity index (χ2n) is 6.52. The van der Waals surface area contributed by atoms with Crippen LogP contribution in [-0.4, -0.2) is 36.9 Å². The Labute approximate surface area is 144 Å². The van der Waals surface area contributed by atoms with Crippen LogP contribution in [-0.2, 0) is 8.23 Å². The molecule has 1 N–H and O–H groups in total. The maximum absolute atomic E-state index is 9.13. The maximum Gasteiger partial charge on any atom is 0.340 e. The highest BCUT2D eigenvalue weighted by molar-refractivity contribution is 6.90. The summed E-state index contributed by atoms with van der Waals surface area (Å²) in [5.74, 6) is 0. The molecular weight excluding hydrogens is 324 g/mol. The maximum atomic E-state index is 9.13. The molecule has 138 valence electrons. The standard InChI is InChI=1S/C13H32O3Si3.3CH4/c1-8-10-12-17(3,4)15-19(7,9-2)16-18(5,6)13-11-14;;;/h9,14H,2,8,10-13H2,1,3-7H3;3*1H4. The summed E-state index contributed by atoms with van der Waals surface area (Å²) in [5, 5.41) is 9.13. The number of rotatable bonds is 10. The molecule has 0 bridgehead atoms. The molecule has 0 spiro atoms. The van der Waals surface area contributed by atoms with Gasteiger partial charge < -0.3 is 13.3 Å². The summed E-state index contributed by atoms with van der Waals surface area (Å²) < 4.78 is 12.8.